The van der Waals surface area contributed by atoms with Crippen LogP contribution in [0, 0.1) is 0 Å². The van der Waals surface area contributed by atoms with Gasteiger partial charge < -0.3 is 5.32 Å². The van der Waals surface area contributed by atoms with E-state index in [9.17, 15) is 13.2 Å². The Labute approximate surface area is 196 Å². The quantitative estimate of drug-likeness (QED) is 0.239. The molecule has 33 heavy (non-hydrogen) atoms. The van der Waals surface area contributed by atoms with E-state index in [1.54, 1.807) is 18.2 Å². The van der Waals surface area contributed by atoms with Crippen molar-refractivity contribution in [2.45, 2.75) is 103 Å². The lowest BCUT2D eigenvalue weighted by molar-refractivity contribution is -0.141. The van der Waals surface area contributed by atoms with Crippen LogP contribution in [0.15, 0.2) is 30.5 Å². The lowest BCUT2D eigenvalue weighted by atomic mass is 10.0. The molecule has 0 amide bonds. The van der Waals surface area contributed by atoms with Crippen molar-refractivity contribution in [2.24, 2.45) is 0 Å². The second kappa shape index (κ2) is 15.6. The molecule has 1 N–H and O–H groups in total. The van der Waals surface area contributed by atoms with E-state index in [1.807, 2.05) is 0 Å². The number of aromatic nitrogens is 3. The molecular weight excluding hydrogens is 425 g/mol. The maximum Gasteiger partial charge on any atom is 0.433 e. The Bertz CT molecular complexity index is 766. The molecule has 0 saturated carbocycles. The van der Waals surface area contributed by atoms with Crippen LogP contribution < -0.4 is 5.32 Å². The first-order valence-corrected chi connectivity index (χ1v) is 12.6. The summed E-state index contributed by atoms with van der Waals surface area (Å²) in [5.74, 6) is 0.168. The summed E-state index contributed by atoms with van der Waals surface area (Å²) in [6, 6.07) is 5.97. The molecule has 0 aromatic carbocycles. The minimum Gasteiger partial charge on any atom is -0.370 e. The molecule has 184 valence electrons. The van der Waals surface area contributed by atoms with Crippen LogP contribution >= 0.6 is 0 Å². The zero-order valence-corrected chi connectivity index (χ0v) is 20.0. The Hall–Kier alpha value is -2.18. The van der Waals surface area contributed by atoms with E-state index in [4.69, 9.17) is 0 Å². The smallest absolute Gasteiger partial charge is 0.370 e. The predicted octanol–water partition coefficient (Wildman–Crippen LogP) is 8.45. The molecule has 4 nitrogen and oxygen atoms in total. The van der Waals surface area contributed by atoms with E-state index in [2.05, 4.69) is 27.2 Å². The minimum atomic E-state index is -4.53. The highest BCUT2D eigenvalue weighted by Gasteiger charge is 2.34. The van der Waals surface area contributed by atoms with E-state index in [0.717, 1.165) is 25.3 Å². The fraction of sp³-hybridized carbons (Fsp3) is 0.654. The van der Waals surface area contributed by atoms with Gasteiger partial charge >= 0.3 is 6.18 Å². The van der Waals surface area contributed by atoms with Gasteiger partial charge in [0.2, 0.25) is 0 Å². The summed E-state index contributed by atoms with van der Waals surface area (Å²) in [6.07, 6.45) is 14.8. The molecular formula is C26H39F3N4. The summed E-state index contributed by atoms with van der Waals surface area (Å²) >= 11 is 0. The molecule has 2 heterocycles. The van der Waals surface area contributed by atoms with Gasteiger partial charge in [-0.05, 0) is 18.6 Å². The number of alkyl halides is 3. The molecule has 2 rings (SSSR count). The van der Waals surface area contributed by atoms with Crippen molar-refractivity contribution in [2.75, 3.05) is 11.9 Å². The van der Waals surface area contributed by atoms with E-state index < -0.39 is 11.9 Å². The lowest BCUT2D eigenvalue weighted by Crippen LogP contribution is -2.12. The minimum absolute atomic E-state index is 0.0196. The Morgan fingerprint density at radius 1 is 0.758 bits per heavy atom. The molecule has 2 aromatic rings. The first-order chi connectivity index (χ1) is 16.0. The van der Waals surface area contributed by atoms with E-state index >= 15 is 0 Å². The van der Waals surface area contributed by atoms with Crippen LogP contribution in [0.5, 0.6) is 0 Å². The van der Waals surface area contributed by atoms with Crippen LogP contribution in [0.2, 0.25) is 0 Å². The van der Waals surface area contributed by atoms with Crippen LogP contribution in [-0.2, 0) is 6.18 Å². The number of nitrogens with one attached hydrogen (secondary N) is 1. The Kier molecular flexibility index (Phi) is 12.8. The number of hydrogen-bond acceptors (Lipinski definition) is 4. The molecule has 7 heteroatoms. The van der Waals surface area contributed by atoms with Crippen LogP contribution in [0.25, 0.3) is 11.5 Å². The summed E-state index contributed by atoms with van der Waals surface area (Å²) in [4.78, 5) is 12.0. The topological polar surface area (TPSA) is 50.7 Å². The molecule has 0 bridgehead atoms. The fourth-order valence-corrected chi connectivity index (χ4v) is 3.83. The van der Waals surface area contributed by atoms with Crippen LogP contribution in [-0.4, -0.2) is 21.5 Å². The number of pyridine rings is 1. The summed E-state index contributed by atoms with van der Waals surface area (Å²) in [5.41, 5.74) is -0.634. The van der Waals surface area contributed by atoms with Crippen LogP contribution in [0.3, 0.4) is 0 Å². The van der Waals surface area contributed by atoms with Crippen molar-refractivity contribution in [1.82, 2.24) is 15.0 Å². The van der Waals surface area contributed by atoms with Crippen molar-refractivity contribution in [1.29, 1.82) is 0 Å². The molecule has 0 radical (unpaired) electrons. The largest absolute Gasteiger partial charge is 0.433 e. The summed E-state index contributed by atoms with van der Waals surface area (Å²) in [7, 11) is 0. The first kappa shape index (κ1) is 27.1. The van der Waals surface area contributed by atoms with Crippen LogP contribution in [0.4, 0.5) is 19.0 Å². The van der Waals surface area contributed by atoms with Crippen molar-refractivity contribution in [3.05, 3.63) is 36.2 Å². The van der Waals surface area contributed by atoms with Crippen molar-refractivity contribution in [3.63, 3.8) is 0 Å². The van der Waals surface area contributed by atoms with Crippen LogP contribution in [0.1, 0.15) is 103 Å². The third-order valence-electron chi connectivity index (χ3n) is 5.75. The van der Waals surface area contributed by atoms with E-state index in [1.165, 1.54) is 76.8 Å². The molecule has 0 aliphatic carbocycles. The standard InChI is InChI=1S/C26H39F3N4/c1-2-3-4-5-6-7-8-9-10-11-12-13-14-16-20-31-24-21-23(26(27,28)29)32-25(33-24)22-18-15-17-19-30-22/h15,17-19,21H,2-14,16,20H2,1H3,(H,31,32,33). The summed E-state index contributed by atoms with van der Waals surface area (Å²) in [6.45, 7) is 2.84. The summed E-state index contributed by atoms with van der Waals surface area (Å²) < 4.78 is 39.7. The monoisotopic (exact) mass is 464 g/mol. The van der Waals surface area contributed by atoms with Gasteiger partial charge in [0.25, 0.3) is 0 Å². The maximum absolute atomic E-state index is 13.2. The molecule has 2 aromatic heterocycles. The lowest BCUT2D eigenvalue weighted by Gasteiger charge is -2.11. The van der Waals surface area contributed by atoms with Gasteiger partial charge in [-0.2, -0.15) is 13.2 Å². The average molecular weight is 465 g/mol. The number of unbranched alkanes of at least 4 members (excludes halogenated alkanes) is 13. The number of rotatable bonds is 17. The van der Waals surface area contributed by atoms with Gasteiger partial charge in [-0.1, -0.05) is 96.5 Å². The van der Waals surface area contributed by atoms with Gasteiger partial charge in [0.1, 0.15) is 11.5 Å². The van der Waals surface area contributed by atoms with Crippen molar-refractivity contribution >= 4 is 5.82 Å². The zero-order chi connectivity index (χ0) is 23.8. The molecule has 0 unspecified atom stereocenters. The van der Waals surface area contributed by atoms with Gasteiger partial charge in [0.05, 0.1) is 0 Å². The predicted molar refractivity (Wildman–Crippen MR) is 129 cm³/mol. The molecule has 0 saturated heterocycles. The second-order valence-electron chi connectivity index (χ2n) is 8.70. The number of anilines is 1. The van der Waals surface area contributed by atoms with Crippen molar-refractivity contribution < 1.29 is 13.2 Å². The van der Waals surface area contributed by atoms with Crippen molar-refractivity contribution in [3.8, 4) is 11.5 Å². The van der Waals surface area contributed by atoms with Gasteiger partial charge in [0, 0.05) is 18.8 Å². The van der Waals surface area contributed by atoms with Gasteiger partial charge in [0.15, 0.2) is 11.5 Å². The molecule has 0 aliphatic heterocycles. The Morgan fingerprint density at radius 3 is 1.85 bits per heavy atom. The molecule has 0 spiro atoms. The normalized spacial score (nSPS) is 11.6. The Morgan fingerprint density at radius 2 is 1.33 bits per heavy atom. The van der Waals surface area contributed by atoms with E-state index in [-0.39, 0.29) is 11.6 Å². The van der Waals surface area contributed by atoms with Gasteiger partial charge in [-0.3, -0.25) is 4.98 Å². The number of halogens is 3. The second-order valence-corrected chi connectivity index (χ2v) is 8.70. The van der Waals surface area contributed by atoms with Gasteiger partial charge in [-0.25, -0.2) is 9.97 Å². The molecule has 0 atom stereocenters. The average Bonchev–Trinajstić information content (AvgIpc) is 2.81. The fourth-order valence-electron chi connectivity index (χ4n) is 3.83. The zero-order valence-electron chi connectivity index (χ0n) is 20.0. The highest BCUT2D eigenvalue weighted by molar-refractivity contribution is 5.53. The van der Waals surface area contributed by atoms with Gasteiger partial charge in [-0.15, -0.1) is 0 Å². The first-order valence-electron chi connectivity index (χ1n) is 12.6. The molecule has 0 fully saturated rings. The number of nitrogens with zero attached hydrogens (tertiary/aromatic N) is 3. The maximum atomic E-state index is 13.2. The summed E-state index contributed by atoms with van der Waals surface area (Å²) in [5, 5.41) is 3.03. The third-order valence-corrected chi connectivity index (χ3v) is 5.75. The Balaban J connectivity index is 1.61. The number of hydrogen-bond donors (Lipinski definition) is 1. The third kappa shape index (κ3) is 11.5. The highest BCUT2D eigenvalue weighted by atomic mass is 19.4. The SMILES string of the molecule is CCCCCCCCCCCCCCCCNc1cc(C(F)(F)F)nc(-c2ccccn2)n1. The molecule has 0 aliphatic rings. The highest BCUT2D eigenvalue weighted by Crippen LogP contribution is 2.30. The van der Waals surface area contributed by atoms with E-state index in [0.29, 0.717) is 12.2 Å².